The molecule has 620 valence electrons. The molecule has 3 fully saturated rings. The zero-order valence-corrected chi connectivity index (χ0v) is 67.9. The van der Waals surface area contributed by atoms with Crippen LogP contribution in [0.15, 0.2) is 47.6 Å². The Bertz CT molecular complexity index is 2890. The number of ether oxygens (including phenoxy) is 8. The van der Waals surface area contributed by atoms with E-state index >= 15 is 0 Å². The SMILES string of the molecule is C=C(C[C@H](O)[C@H](CC(C)C)NC(=O)OC(C)(C)C)C(=O)O.CC(C)C[C@@H](N=[N+]=[N-])[C@@H]1C[C@@H](COCc2ccccc2)C(=O)O1.CC(C)C[C@H](NC(=O)OC(C)(C)C)[C@@H](O)C[C@@H](CF)C(=O)O.CC(C)C[C@H](NC(=O)OC(C)(C)C)[C@@H]1C[C@@H](CF)C(=O)O1.CC(C)C[C@H](NC(=O)OC(C)(C)C)[C@@H]1C[C@@H](CO)C(=O)O1. The summed E-state index contributed by atoms with van der Waals surface area (Å²) in [6.07, 6.45) is -1.98. The Morgan fingerprint density at radius 1 is 0.556 bits per heavy atom. The van der Waals surface area contributed by atoms with Crippen LogP contribution in [0.25, 0.3) is 10.4 Å². The first-order valence-corrected chi connectivity index (χ1v) is 37.2. The minimum Gasteiger partial charge on any atom is -0.481 e. The van der Waals surface area contributed by atoms with Crippen molar-refractivity contribution in [3.63, 3.8) is 0 Å². The third-order valence-electron chi connectivity index (χ3n) is 15.9. The number of hydrogen-bond donors (Lipinski definition) is 9. The molecule has 9 N–H and O–H groups in total. The number of cyclic esters (lactones) is 3. The van der Waals surface area contributed by atoms with Crippen molar-refractivity contribution in [2.45, 2.75) is 306 Å². The molecule has 14 atom stereocenters. The first kappa shape index (κ1) is 100. The number of carboxylic acid groups (broad SMARTS) is 2. The summed E-state index contributed by atoms with van der Waals surface area (Å²) in [5.41, 5.74) is 7.19. The van der Waals surface area contributed by atoms with E-state index < -0.39 is 138 Å². The topological polar surface area (TPSA) is 425 Å². The molecule has 0 saturated carbocycles. The minimum absolute atomic E-state index is 0.0951. The number of nitrogens with one attached hydrogen (secondary N) is 4. The van der Waals surface area contributed by atoms with Gasteiger partial charge in [-0.05, 0) is 162 Å². The number of alkyl carbamates (subject to hydrolysis) is 4. The van der Waals surface area contributed by atoms with Gasteiger partial charge in [0.15, 0.2) is 0 Å². The van der Waals surface area contributed by atoms with Gasteiger partial charge in [-0.25, -0.2) is 24.0 Å². The highest BCUT2D eigenvalue weighted by Gasteiger charge is 2.43. The summed E-state index contributed by atoms with van der Waals surface area (Å²) in [6, 6.07) is 7.58. The first-order valence-electron chi connectivity index (χ1n) is 37.2. The van der Waals surface area contributed by atoms with Crippen LogP contribution in [0, 0.1) is 53.3 Å². The Kier molecular flexibility index (Phi) is 45.4. The maximum absolute atomic E-state index is 12.7. The summed E-state index contributed by atoms with van der Waals surface area (Å²) in [5.74, 6) is -5.05. The number of esters is 3. The molecule has 3 aliphatic heterocycles. The molecule has 108 heavy (non-hydrogen) atoms. The van der Waals surface area contributed by atoms with E-state index in [-0.39, 0.29) is 73.0 Å². The Balaban J connectivity index is 0.00000133. The third-order valence-corrected chi connectivity index (χ3v) is 15.9. The molecule has 3 aliphatic rings. The number of amides is 4. The number of carbonyl (C=O) groups is 9. The van der Waals surface area contributed by atoms with Crippen molar-refractivity contribution in [2.24, 2.45) is 58.4 Å². The van der Waals surface area contributed by atoms with Crippen molar-refractivity contribution in [3.05, 3.63) is 58.5 Å². The van der Waals surface area contributed by atoms with E-state index in [0.29, 0.717) is 82.3 Å². The average Bonchev–Trinajstić information content (AvgIpc) is 1.70. The van der Waals surface area contributed by atoms with Crippen LogP contribution in [-0.4, -0.2) is 189 Å². The highest BCUT2D eigenvalue weighted by atomic mass is 19.1. The van der Waals surface area contributed by atoms with Crippen LogP contribution >= 0.6 is 0 Å². The van der Waals surface area contributed by atoms with E-state index in [4.69, 9.17) is 58.7 Å². The van der Waals surface area contributed by atoms with E-state index in [1.807, 2.05) is 85.7 Å². The second-order valence-electron chi connectivity index (χ2n) is 33.7. The number of aliphatic hydroxyl groups excluding tert-OH is 3. The van der Waals surface area contributed by atoms with Crippen LogP contribution in [-0.2, 0) is 68.5 Å². The predicted molar refractivity (Wildman–Crippen MR) is 401 cm³/mol. The Morgan fingerprint density at radius 3 is 1.27 bits per heavy atom. The van der Waals surface area contributed by atoms with Crippen molar-refractivity contribution < 1.29 is 115 Å². The summed E-state index contributed by atoms with van der Waals surface area (Å²) in [4.78, 5) is 107. The van der Waals surface area contributed by atoms with Crippen molar-refractivity contribution in [1.82, 2.24) is 21.3 Å². The van der Waals surface area contributed by atoms with Gasteiger partial charge in [-0.2, -0.15) is 0 Å². The third kappa shape index (κ3) is 45.4. The summed E-state index contributed by atoms with van der Waals surface area (Å²) in [7, 11) is 0. The van der Waals surface area contributed by atoms with Gasteiger partial charge < -0.3 is 84.7 Å². The van der Waals surface area contributed by atoms with Crippen LogP contribution in [0.1, 0.15) is 222 Å². The fourth-order valence-electron chi connectivity index (χ4n) is 11.1. The maximum Gasteiger partial charge on any atom is 0.408 e. The van der Waals surface area contributed by atoms with Gasteiger partial charge in [0.25, 0.3) is 0 Å². The number of hydrogen-bond acceptors (Lipinski definition) is 21. The number of aliphatic carboxylic acids is 2. The molecule has 29 nitrogen and oxygen atoms in total. The minimum atomic E-state index is -1.30. The lowest BCUT2D eigenvalue weighted by molar-refractivity contribution is -0.147. The van der Waals surface area contributed by atoms with Crippen molar-refractivity contribution in [3.8, 4) is 0 Å². The number of aliphatic hydroxyl groups is 3. The second kappa shape index (κ2) is 48.8. The number of halogens is 2. The molecule has 3 saturated heterocycles. The summed E-state index contributed by atoms with van der Waals surface area (Å²) in [5, 5.41) is 61.6. The van der Waals surface area contributed by atoms with Gasteiger partial charge in [-0.1, -0.05) is 111 Å². The molecule has 1 aromatic carbocycles. The molecule has 0 bridgehead atoms. The number of alkyl halides is 2. The van der Waals surface area contributed by atoms with Gasteiger partial charge in [0.2, 0.25) is 0 Å². The monoisotopic (exact) mass is 1540 g/mol. The van der Waals surface area contributed by atoms with Crippen LogP contribution < -0.4 is 21.3 Å². The smallest absolute Gasteiger partial charge is 0.408 e. The van der Waals surface area contributed by atoms with Gasteiger partial charge >= 0.3 is 54.2 Å². The lowest BCUT2D eigenvalue weighted by atomic mass is 9.93. The van der Waals surface area contributed by atoms with E-state index in [1.54, 1.807) is 83.1 Å². The fourth-order valence-corrected chi connectivity index (χ4v) is 11.1. The van der Waals surface area contributed by atoms with Gasteiger partial charge in [0.05, 0.1) is 85.9 Å². The number of carboxylic acids is 2. The maximum atomic E-state index is 12.7. The van der Waals surface area contributed by atoms with Gasteiger partial charge in [0.1, 0.15) is 54.1 Å². The van der Waals surface area contributed by atoms with Crippen molar-refractivity contribution >= 4 is 54.2 Å². The van der Waals surface area contributed by atoms with E-state index in [2.05, 4.69) is 51.7 Å². The molecule has 4 rings (SSSR count). The molecular formula is C77H131F2N7O22. The number of rotatable bonds is 33. The van der Waals surface area contributed by atoms with Crippen LogP contribution in [0.3, 0.4) is 0 Å². The van der Waals surface area contributed by atoms with Gasteiger partial charge in [-0.3, -0.25) is 28.0 Å². The summed E-state index contributed by atoms with van der Waals surface area (Å²) < 4.78 is 67.7. The zero-order valence-electron chi connectivity index (χ0n) is 67.9. The van der Waals surface area contributed by atoms with Crippen LogP contribution in [0.5, 0.6) is 0 Å². The van der Waals surface area contributed by atoms with Crippen LogP contribution in [0.2, 0.25) is 0 Å². The summed E-state index contributed by atoms with van der Waals surface area (Å²) >= 11 is 0. The van der Waals surface area contributed by atoms with E-state index in [1.165, 1.54) is 0 Å². The molecule has 0 aromatic heterocycles. The Hall–Kier alpha value is -7.60. The number of azide groups is 1. The molecule has 4 amide bonds. The molecule has 31 heteroatoms. The summed E-state index contributed by atoms with van der Waals surface area (Å²) in [6.45, 7) is 43.1. The van der Waals surface area contributed by atoms with E-state index in [9.17, 15) is 62.1 Å². The van der Waals surface area contributed by atoms with Crippen LogP contribution in [0.4, 0.5) is 28.0 Å². The standard InChI is InChI=1S/C17H23N3O3.C15H28FNO5.C15H26FNO4.2C15H27NO5/c1-12(2)8-15(19-20-18)16-9-14(17(21)23-16)11-22-10-13-6-4-3-5-7-13;1-9(2)6-11(17-14(21)22-15(3,4)5)12(18)7-10(8-16)13(19)20;1-9(2)6-11(17-14(19)21-15(3,4)5)12-7-10(8-16)13(18)20-12;1-9(2)6-11(16-14(19)21-15(3,4)5)12-7-10(8-17)13(18)20-12;1-9(2)7-11(12(17)8-10(3)13(18)19)16-14(20)21-15(4,5)6/h3-7,12,14-16H,8-11H2,1-2H3;9-12,18H,6-8H2,1-5H3,(H,17,21)(H,19,20);9-12H,6-8H2,1-5H3,(H,17,19);9-12,17H,6-8H2,1-5H3,(H,16,19);9,11-12,17H,3,7-8H2,1-2,4-6H3,(H,16,20)(H,18,19)/t14-,15+,16-;3*10-,11-,12-;11-,12-/m00000/s1. The molecule has 0 aliphatic carbocycles. The van der Waals surface area contributed by atoms with Gasteiger partial charge in [0, 0.05) is 36.2 Å². The molecule has 0 unspecified atom stereocenters. The first-order chi connectivity index (χ1) is 49.7. The van der Waals surface area contributed by atoms with E-state index in [0.717, 1.165) is 5.56 Å². The fraction of sp³-hybridized carbons (Fsp3) is 0.779. The van der Waals surface area contributed by atoms with Gasteiger partial charge in [-0.15, -0.1) is 0 Å². The number of benzene rings is 1. The molecular weight excluding hydrogens is 1410 g/mol. The van der Waals surface area contributed by atoms with Crippen molar-refractivity contribution in [2.75, 3.05) is 26.6 Å². The van der Waals surface area contributed by atoms with Crippen molar-refractivity contribution in [1.29, 1.82) is 0 Å². The highest BCUT2D eigenvalue weighted by Crippen LogP contribution is 2.31. The zero-order chi connectivity index (χ0) is 83.4. The normalized spacial score (nSPS) is 20.0. The average molecular weight is 1540 g/mol. The number of nitrogens with zero attached hydrogens (tertiary/aromatic N) is 3. The lowest BCUT2D eigenvalue weighted by Crippen LogP contribution is -2.47. The molecule has 0 spiro atoms. The highest BCUT2D eigenvalue weighted by molar-refractivity contribution is 5.85. The number of carbonyl (C=O) groups excluding carboxylic acids is 7. The molecule has 0 radical (unpaired) electrons. The Labute approximate surface area is 638 Å². The largest absolute Gasteiger partial charge is 0.481 e. The molecule has 3 heterocycles. The lowest BCUT2D eigenvalue weighted by Gasteiger charge is -2.28. The predicted octanol–water partition coefficient (Wildman–Crippen LogP) is 13.2. The Morgan fingerprint density at radius 2 is 0.926 bits per heavy atom. The molecule has 1 aromatic rings. The quantitative estimate of drug-likeness (QED) is 0.00788. The second-order valence-corrected chi connectivity index (χ2v) is 33.7.